The lowest BCUT2D eigenvalue weighted by molar-refractivity contribution is 0.601. The van der Waals surface area contributed by atoms with Crippen LogP contribution in [-0.4, -0.2) is 8.42 Å². The highest BCUT2D eigenvalue weighted by Gasteiger charge is 2.23. The Balaban J connectivity index is 2.75. The summed E-state index contributed by atoms with van der Waals surface area (Å²) in [5.41, 5.74) is 0.646. The summed E-state index contributed by atoms with van der Waals surface area (Å²) in [6, 6.07) is 6.87. The second kappa shape index (κ2) is 2.60. The number of hydrogen-bond acceptors (Lipinski definition) is 3. The van der Waals surface area contributed by atoms with E-state index in [-0.39, 0.29) is 0 Å². The van der Waals surface area contributed by atoms with E-state index in [0.717, 1.165) is 0 Å². The molecule has 1 N–H and O–H groups in total. The van der Waals surface area contributed by atoms with E-state index >= 15 is 0 Å². The fourth-order valence-corrected chi connectivity index (χ4v) is 2.49. The zero-order valence-corrected chi connectivity index (χ0v) is 7.93. The highest BCUT2D eigenvalue weighted by molar-refractivity contribution is 7.95. The summed E-state index contributed by atoms with van der Waals surface area (Å²) >= 11 is 0. The first-order valence-electron chi connectivity index (χ1n) is 3.90. The Morgan fingerprint density at radius 1 is 1.23 bits per heavy atom. The second-order valence-corrected chi connectivity index (χ2v) is 4.99. The third-order valence-corrected chi connectivity index (χ3v) is 3.93. The molecule has 4 heteroatoms. The van der Waals surface area contributed by atoms with Crippen LogP contribution in [0.15, 0.2) is 40.3 Å². The van der Waals surface area contributed by atoms with Crippen molar-refractivity contribution >= 4 is 15.5 Å². The monoisotopic (exact) mass is 195 g/mol. The average Bonchev–Trinajstić information content (AvgIpc) is 2.13. The van der Waals surface area contributed by atoms with E-state index in [1.807, 2.05) is 0 Å². The van der Waals surface area contributed by atoms with E-state index in [9.17, 15) is 8.42 Å². The van der Waals surface area contributed by atoms with Crippen molar-refractivity contribution in [1.82, 2.24) is 0 Å². The zero-order chi connectivity index (χ0) is 9.47. The molecule has 68 valence electrons. The quantitative estimate of drug-likeness (QED) is 0.686. The molecule has 0 atom stereocenters. The van der Waals surface area contributed by atoms with Gasteiger partial charge in [-0.2, -0.15) is 0 Å². The van der Waals surface area contributed by atoms with Crippen LogP contribution in [0.4, 0.5) is 5.69 Å². The lowest BCUT2D eigenvalue weighted by Crippen LogP contribution is -2.11. The molecule has 1 aliphatic heterocycles. The molecule has 0 bridgehead atoms. The van der Waals surface area contributed by atoms with Crippen LogP contribution in [-0.2, 0) is 9.84 Å². The molecule has 1 aromatic carbocycles. The summed E-state index contributed by atoms with van der Waals surface area (Å²) in [6.07, 6.45) is 1.51. The van der Waals surface area contributed by atoms with E-state index in [0.29, 0.717) is 15.5 Å². The molecule has 0 amide bonds. The topological polar surface area (TPSA) is 46.2 Å². The van der Waals surface area contributed by atoms with Crippen molar-refractivity contribution in [2.24, 2.45) is 0 Å². The number of fused-ring (bicyclic) bond motifs is 1. The first-order valence-corrected chi connectivity index (χ1v) is 5.38. The highest BCUT2D eigenvalue weighted by Crippen LogP contribution is 2.30. The smallest absolute Gasteiger partial charge is 0.205 e. The van der Waals surface area contributed by atoms with E-state index in [2.05, 4.69) is 5.32 Å². The fraction of sp³-hybridized carbons (Fsp3) is 0.111. The maximum Gasteiger partial charge on any atom is 0.205 e. The molecule has 1 aliphatic rings. The van der Waals surface area contributed by atoms with Crippen LogP contribution in [0.2, 0.25) is 0 Å². The number of para-hydroxylation sites is 1. The molecule has 1 heterocycles. The van der Waals surface area contributed by atoms with E-state index in [4.69, 9.17) is 0 Å². The standard InChI is InChI=1S/C9H9NO2S/c1-7-6-10-8-4-2-3-5-9(8)13(7,11)12/h2-6,10H,1H3. The van der Waals surface area contributed by atoms with Gasteiger partial charge in [0.15, 0.2) is 0 Å². The van der Waals surface area contributed by atoms with Gasteiger partial charge in [0, 0.05) is 6.20 Å². The lowest BCUT2D eigenvalue weighted by Gasteiger charge is -2.15. The lowest BCUT2D eigenvalue weighted by atomic mass is 10.3. The number of hydrogen-bond donors (Lipinski definition) is 1. The Morgan fingerprint density at radius 3 is 2.69 bits per heavy atom. The van der Waals surface area contributed by atoms with Crippen LogP contribution in [0, 0.1) is 0 Å². The minimum Gasteiger partial charge on any atom is -0.360 e. The number of anilines is 1. The van der Waals surface area contributed by atoms with Crippen molar-refractivity contribution in [2.75, 3.05) is 5.32 Å². The van der Waals surface area contributed by atoms with Gasteiger partial charge in [-0.15, -0.1) is 0 Å². The Kier molecular flexibility index (Phi) is 1.66. The van der Waals surface area contributed by atoms with Crippen molar-refractivity contribution in [2.45, 2.75) is 11.8 Å². The number of nitrogens with one attached hydrogen (secondary N) is 1. The number of rotatable bonds is 0. The van der Waals surface area contributed by atoms with Gasteiger partial charge in [-0.3, -0.25) is 0 Å². The molecule has 1 aromatic rings. The summed E-state index contributed by atoms with van der Waals surface area (Å²) in [5, 5.41) is 2.93. The van der Waals surface area contributed by atoms with Gasteiger partial charge >= 0.3 is 0 Å². The normalized spacial score (nSPS) is 18.4. The van der Waals surface area contributed by atoms with Gasteiger partial charge in [-0.1, -0.05) is 12.1 Å². The van der Waals surface area contributed by atoms with Crippen LogP contribution in [0.5, 0.6) is 0 Å². The van der Waals surface area contributed by atoms with Crippen LogP contribution >= 0.6 is 0 Å². The first-order chi connectivity index (χ1) is 6.12. The zero-order valence-electron chi connectivity index (χ0n) is 7.11. The molecule has 0 fully saturated rings. The highest BCUT2D eigenvalue weighted by atomic mass is 32.2. The maximum absolute atomic E-state index is 11.7. The van der Waals surface area contributed by atoms with E-state index in [1.54, 1.807) is 31.2 Å². The molecule has 0 saturated heterocycles. The molecular weight excluding hydrogens is 186 g/mol. The molecule has 0 aliphatic carbocycles. The van der Waals surface area contributed by atoms with Crippen molar-refractivity contribution in [3.63, 3.8) is 0 Å². The molecule has 0 aromatic heterocycles. The summed E-state index contributed by atoms with van der Waals surface area (Å²) in [5.74, 6) is 0. The summed E-state index contributed by atoms with van der Waals surface area (Å²) < 4.78 is 23.4. The largest absolute Gasteiger partial charge is 0.360 e. The Morgan fingerprint density at radius 2 is 1.92 bits per heavy atom. The number of benzene rings is 1. The van der Waals surface area contributed by atoms with Crippen LogP contribution in [0.1, 0.15) is 6.92 Å². The number of allylic oxidation sites excluding steroid dienone is 1. The molecule has 0 spiro atoms. The first kappa shape index (κ1) is 8.31. The third kappa shape index (κ3) is 1.14. The molecule has 2 rings (SSSR count). The minimum atomic E-state index is -3.22. The molecule has 3 nitrogen and oxygen atoms in total. The fourth-order valence-electron chi connectivity index (χ4n) is 1.25. The van der Waals surface area contributed by atoms with Gasteiger partial charge in [0.2, 0.25) is 9.84 Å². The Hall–Kier alpha value is -1.29. The van der Waals surface area contributed by atoms with Crippen molar-refractivity contribution < 1.29 is 8.42 Å². The summed E-state index contributed by atoms with van der Waals surface area (Å²) in [4.78, 5) is 0.709. The molecule has 13 heavy (non-hydrogen) atoms. The predicted molar refractivity (Wildman–Crippen MR) is 51.0 cm³/mol. The Labute approximate surface area is 77.0 Å². The predicted octanol–water partition coefficient (Wildman–Crippen LogP) is 1.75. The summed E-state index contributed by atoms with van der Waals surface area (Å²) in [6.45, 7) is 1.58. The van der Waals surface area contributed by atoms with E-state index in [1.165, 1.54) is 6.20 Å². The van der Waals surface area contributed by atoms with Crippen molar-refractivity contribution in [1.29, 1.82) is 0 Å². The average molecular weight is 195 g/mol. The molecular formula is C9H9NO2S. The minimum absolute atomic E-state index is 0.353. The Bertz CT molecular complexity index is 474. The summed E-state index contributed by atoms with van der Waals surface area (Å²) in [7, 11) is -3.22. The number of sulfone groups is 1. The molecule has 0 saturated carbocycles. The van der Waals surface area contributed by atoms with Crippen LogP contribution < -0.4 is 5.32 Å². The molecule has 0 radical (unpaired) electrons. The van der Waals surface area contributed by atoms with E-state index < -0.39 is 9.84 Å². The van der Waals surface area contributed by atoms with Crippen molar-refractivity contribution in [3.8, 4) is 0 Å². The van der Waals surface area contributed by atoms with Gasteiger partial charge < -0.3 is 5.32 Å². The van der Waals surface area contributed by atoms with Gasteiger partial charge in [0.05, 0.1) is 15.5 Å². The molecule has 0 unspecified atom stereocenters. The maximum atomic E-state index is 11.7. The van der Waals surface area contributed by atoms with Gasteiger partial charge in [0.25, 0.3) is 0 Å². The van der Waals surface area contributed by atoms with Gasteiger partial charge in [-0.25, -0.2) is 8.42 Å². The third-order valence-electron chi connectivity index (χ3n) is 2.03. The van der Waals surface area contributed by atoms with Gasteiger partial charge in [0.1, 0.15) is 0 Å². The second-order valence-electron chi connectivity index (χ2n) is 2.90. The van der Waals surface area contributed by atoms with Gasteiger partial charge in [-0.05, 0) is 19.1 Å². The van der Waals surface area contributed by atoms with Crippen LogP contribution in [0.3, 0.4) is 0 Å². The SMILES string of the molecule is CC1=CNc2ccccc2S1(=O)=O. The van der Waals surface area contributed by atoms with Crippen molar-refractivity contribution in [3.05, 3.63) is 35.4 Å². The van der Waals surface area contributed by atoms with Crippen LogP contribution in [0.25, 0.3) is 0 Å².